The van der Waals surface area contributed by atoms with Gasteiger partial charge in [-0.2, -0.15) is 0 Å². The van der Waals surface area contributed by atoms with Gasteiger partial charge in [0.1, 0.15) is 5.75 Å². The van der Waals surface area contributed by atoms with Crippen LogP contribution in [0.5, 0.6) is 23.0 Å². The summed E-state index contributed by atoms with van der Waals surface area (Å²) in [4.78, 5) is 12.4. The predicted molar refractivity (Wildman–Crippen MR) is 112 cm³/mol. The lowest BCUT2D eigenvalue weighted by molar-refractivity contribution is -0.116. The van der Waals surface area contributed by atoms with Gasteiger partial charge in [-0.1, -0.05) is 6.07 Å². The Morgan fingerprint density at radius 2 is 1.69 bits per heavy atom. The Morgan fingerprint density at radius 3 is 2.31 bits per heavy atom. The van der Waals surface area contributed by atoms with Gasteiger partial charge in [0.05, 0.1) is 27.4 Å². The van der Waals surface area contributed by atoms with Gasteiger partial charge < -0.3 is 24.3 Å². The Hall–Kier alpha value is -2.89. The molecule has 0 radical (unpaired) electrons. The van der Waals surface area contributed by atoms with Gasteiger partial charge in [0.25, 0.3) is 0 Å². The van der Waals surface area contributed by atoms with Crippen molar-refractivity contribution < 1.29 is 23.7 Å². The van der Waals surface area contributed by atoms with Crippen molar-refractivity contribution in [2.75, 3.05) is 26.6 Å². The minimum absolute atomic E-state index is 0.0585. The number of hydrogen-bond donors (Lipinski definition) is 1. The molecule has 156 valence electrons. The molecule has 0 aliphatic heterocycles. The monoisotopic (exact) mass is 399 g/mol. The Morgan fingerprint density at radius 1 is 1.00 bits per heavy atom. The van der Waals surface area contributed by atoms with Gasteiger partial charge in [-0.25, -0.2) is 0 Å². The molecule has 2 aromatic rings. The van der Waals surface area contributed by atoms with E-state index in [0.717, 1.165) is 29.8 Å². The molecule has 0 bridgehead atoms. The summed E-state index contributed by atoms with van der Waals surface area (Å²) in [5.41, 5.74) is 1.68. The highest BCUT2D eigenvalue weighted by Crippen LogP contribution is 2.38. The minimum Gasteiger partial charge on any atom is -0.493 e. The lowest BCUT2D eigenvalue weighted by atomic mass is 10.1. The number of carbonyl (C=O) groups excluding carboxylic acids is 1. The van der Waals surface area contributed by atoms with Crippen LogP contribution in [0.1, 0.15) is 37.7 Å². The highest BCUT2D eigenvalue weighted by molar-refractivity contribution is 5.91. The highest BCUT2D eigenvalue weighted by Gasteiger charge is 2.17. The normalized spacial score (nSPS) is 13.8. The molecule has 0 atom stereocenters. The summed E-state index contributed by atoms with van der Waals surface area (Å²) in [7, 11) is 4.72. The molecule has 6 nitrogen and oxygen atoms in total. The topological polar surface area (TPSA) is 66.0 Å². The number of amides is 1. The van der Waals surface area contributed by atoms with Crippen LogP contribution in [0.2, 0.25) is 0 Å². The zero-order chi connectivity index (χ0) is 20.6. The molecular formula is C23H29NO5. The van der Waals surface area contributed by atoms with Crippen molar-refractivity contribution in [3.8, 4) is 23.0 Å². The van der Waals surface area contributed by atoms with Crippen molar-refractivity contribution in [3.05, 3.63) is 42.0 Å². The molecule has 0 heterocycles. The second-order valence-corrected chi connectivity index (χ2v) is 7.13. The third-order valence-corrected chi connectivity index (χ3v) is 5.09. The van der Waals surface area contributed by atoms with Crippen LogP contribution in [0.15, 0.2) is 36.4 Å². The fraction of sp³-hybridized carbons (Fsp3) is 0.435. The van der Waals surface area contributed by atoms with Crippen LogP contribution in [-0.4, -0.2) is 33.3 Å². The van der Waals surface area contributed by atoms with Crippen molar-refractivity contribution >= 4 is 11.6 Å². The van der Waals surface area contributed by atoms with Crippen molar-refractivity contribution in [1.29, 1.82) is 0 Å². The van der Waals surface area contributed by atoms with Crippen molar-refractivity contribution in [1.82, 2.24) is 0 Å². The fourth-order valence-electron chi connectivity index (χ4n) is 3.61. The van der Waals surface area contributed by atoms with Gasteiger partial charge in [-0.05, 0) is 61.9 Å². The molecule has 1 aliphatic carbocycles. The first-order valence-corrected chi connectivity index (χ1v) is 9.98. The zero-order valence-corrected chi connectivity index (χ0v) is 17.3. The Balaban J connectivity index is 1.58. The summed E-state index contributed by atoms with van der Waals surface area (Å²) in [5.74, 6) is 2.46. The quantitative estimate of drug-likeness (QED) is 0.667. The van der Waals surface area contributed by atoms with Crippen molar-refractivity contribution in [2.45, 2.75) is 44.6 Å². The summed E-state index contributed by atoms with van der Waals surface area (Å²) in [6.07, 6.45) is 5.84. The first kappa shape index (κ1) is 20.8. The van der Waals surface area contributed by atoms with Gasteiger partial charge in [0, 0.05) is 18.2 Å². The summed E-state index contributed by atoms with van der Waals surface area (Å²) >= 11 is 0. The molecule has 6 heteroatoms. The molecule has 0 saturated heterocycles. The van der Waals surface area contributed by atoms with Gasteiger partial charge in [0.2, 0.25) is 11.7 Å². The first-order chi connectivity index (χ1) is 14.1. The highest BCUT2D eigenvalue weighted by atomic mass is 16.5. The SMILES string of the molecule is COc1cc(CCC(=O)Nc2cccc(OC3CCCC3)c2)cc(OC)c1OC. The number of carbonyl (C=O) groups is 1. The van der Waals surface area contributed by atoms with Gasteiger partial charge in [-0.3, -0.25) is 4.79 Å². The van der Waals surface area contributed by atoms with E-state index < -0.39 is 0 Å². The van der Waals surface area contributed by atoms with Crippen LogP contribution in [0.4, 0.5) is 5.69 Å². The Bertz CT molecular complexity index is 805. The predicted octanol–water partition coefficient (Wildman–Crippen LogP) is 4.61. The molecule has 3 rings (SSSR count). The summed E-state index contributed by atoms with van der Waals surface area (Å²) in [6, 6.07) is 11.3. The van der Waals surface area contributed by atoms with E-state index in [9.17, 15) is 4.79 Å². The van der Waals surface area contributed by atoms with E-state index in [0.29, 0.717) is 36.2 Å². The van der Waals surface area contributed by atoms with Gasteiger partial charge in [-0.15, -0.1) is 0 Å². The van der Waals surface area contributed by atoms with Crippen LogP contribution in [-0.2, 0) is 11.2 Å². The molecule has 1 aliphatic rings. The van der Waals surface area contributed by atoms with E-state index in [2.05, 4.69) is 5.32 Å². The van der Waals surface area contributed by atoms with Gasteiger partial charge in [0.15, 0.2) is 11.5 Å². The number of aryl methyl sites for hydroxylation is 1. The first-order valence-electron chi connectivity index (χ1n) is 9.98. The number of benzene rings is 2. The maximum absolute atomic E-state index is 12.4. The fourth-order valence-corrected chi connectivity index (χ4v) is 3.61. The molecule has 1 amide bonds. The van der Waals surface area contributed by atoms with Crippen LogP contribution in [0.3, 0.4) is 0 Å². The molecule has 0 unspecified atom stereocenters. The second kappa shape index (κ2) is 10.0. The smallest absolute Gasteiger partial charge is 0.224 e. The summed E-state index contributed by atoms with van der Waals surface area (Å²) < 4.78 is 22.1. The summed E-state index contributed by atoms with van der Waals surface area (Å²) in [5, 5.41) is 2.95. The van der Waals surface area contributed by atoms with E-state index in [1.54, 1.807) is 21.3 Å². The van der Waals surface area contributed by atoms with Crippen LogP contribution >= 0.6 is 0 Å². The largest absolute Gasteiger partial charge is 0.493 e. The van der Waals surface area contributed by atoms with E-state index in [1.165, 1.54) is 12.8 Å². The molecule has 0 spiro atoms. The standard InChI is InChI=1S/C23H29NO5/c1-26-20-13-16(14-21(27-2)23(20)28-3)11-12-22(25)24-17-7-6-10-19(15-17)29-18-8-4-5-9-18/h6-7,10,13-15,18H,4-5,8-9,11-12H2,1-3H3,(H,24,25). The molecule has 2 aromatic carbocycles. The molecule has 1 saturated carbocycles. The number of anilines is 1. The maximum Gasteiger partial charge on any atom is 0.224 e. The Kier molecular flexibility index (Phi) is 7.22. The zero-order valence-electron chi connectivity index (χ0n) is 17.3. The van der Waals surface area contributed by atoms with Crippen LogP contribution in [0.25, 0.3) is 0 Å². The van der Waals surface area contributed by atoms with Crippen LogP contribution in [0, 0.1) is 0 Å². The lowest BCUT2D eigenvalue weighted by Crippen LogP contribution is -2.13. The van der Waals surface area contributed by atoms with E-state index in [-0.39, 0.29) is 5.91 Å². The average molecular weight is 399 g/mol. The molecule has 1 N–H and O–H groups in total. The number of nitrogens with one attached hydrogen (secondary N) is 1. The number of hydrogen-bond acceptors (Lipinski definition) is 5. The third kappa shape index (κ3) is 5.56. The molecule has 1 fully saturated rings. The maximum atomic E-state index is 12.4. The van der Waals surface area contributed by atoms with Crippen LogP contribution < -0.4 is 24.3 Å². The average Bonchev–Trinajstić information content (AvgIpc) is 3.24. The van der Waals surface area contributed by atoms with Gasteiger partial charge >= 0.3 is 0 Å². The van der Waals surface area contributed by atoms with Crippen molar-refractivity contribution in [3.63, 3.8) is 0 Å². The number of methoxy groups -OCH3 is 3. The number of ether oxygens (including phenoxy) is 4. The molecule has 0 aromatic heterocycles. The van der Waals surface area contributed by atoms with E-state index in [1.807, 2.05) is 36.4 Å². The minimum atomic E-state index is -0.0585. The number of rotatable bonds is 9. The second-order valence-electron chi connectivity index (χ2n) is 7.13. The van der Waals surface area contributed by atoms with E-state index in [4.69, 9.17) is 18.9 Å². The summed E-state index contributed by atoms with van der Waals surface area (Å²) in [6.45, 7) is 0. The Labute approximate surface area is 172 Å². The molecular weight excluding hydrogens is 370 g/mol. The third-order valence-electron chi connectivity index (χ3n) is 5.09. The van der Waals surface area contributed by atoms with E-state index >= 15 is 0 Å². The molecule has 29 heavy (non-hydrogen) atoms. The van der Waals surface area contributed by atoms with Crippen molar-refractivity contribution in [2.24, 2.45) is 0 Å². The lowest BCUT2D eigenvalue weighted by Gasteiger charge is -2.15.